The SMILES string of the molecule is CN1CCC(NC(=O)c2cccc(Cl)c2)C1. The normalized spacial score (nSPS) is 21.0. The van der Waals surface area contributed by atoms with Crippen LogP contribution in [0.5, 0.6) is 0 Å². The summed E-state index contributed by atoms with van der Waals surface area (Å²) >= 11 is 5.84. The minimum atomic E-state index is -0.0391. The number of carbonyl (C=O) groups is 1. The van der Waals surface area contributed by atoms with E-state index in [-0.39, 0.29) is 11.9 Å². The quantitative estimate of drug-likeness (QED) is 0.852. The number of nitrogens with zero attached hydrogens (tertiary/aromatic N) is 1. The predicted molar refractivity (Wildman–Crippen MR) is 64.8 cm³/mol. The molecule has 3 nitrogen and oxygen atoms in total. The molecule has 1 aliphatic rings. The summed E-state index contributed by atoms with van der Waals surface area (Å²) in [6.07, 6.45) is 1.02. The van der Waals surface area contributed by atoms with E-state index in [4.69, 9.17) is 11.6 Å². The van der Waals surface area contributed by atoms with Crippen molar-refractivity contribution < 1.29 is 4.79 Å². The van der Waals surface area contributed by atoms with E-state index in [0.29, 0.717) is 10.6 Å². The van der Waals surface area contributed by atoms with Gasteiger partial charge >= 0.3 is 0 Å². The highest BCUT2D eigenvalue weighted by Gasteiger charge is 2.21. The fourth-order valence-electron chi connectivity index (χ4n) is 1.95. The minimum absolute atomic E-state index is 0.0391. The summed E-state index contributed by atoms with van der Waals surface area (Å²) in [5, 5.41) is 3.61. The van der Waals surface area contributed by atoms with Crippen LogP contribution in [0.15, 0.2) is 24.3 Å². The van der Waals surface area contributed by atoms with E-state index in [0.717, 1.165) is 19.5 Å². The Kier molecular flexibility index (Phi) is 3.46. The van der Waals surface area contributed by atoms with Gasteiger partial charge in [0.15, 0.2) is 0 Å². The zero-order valence-corrected chi connectivity index (χ0v) is 10.00. The molecule has 2 rings (SSSR count). The highest BCUT2D eigenvalue weighted by Crippen LogP contribution is 2.12. The maximum Gasteiger partial charge on any atom is 0.251 e. The number of likely N-dealkylation sites (tertiary alicyclic amines) is 1. The fourth-order valence-corrected chi connectivity index (χ4v) is 2.14. The first-order chi connectivity index (χ1) is 7.65. The topological polar surface area (TPSA) is 32.3 Å². The molecule has 0 aliphatic carbocycles. The third-order valence-electron chi connectivity index (χ3n) is 2.81. The van der Waals surface area contributed by atoms with Crippen molar-refractivity contribution in [2.45, 2.75) is 12.5 Å². The van der Waals surface area contributed by atoms with Crippen LogP contribution in [0.3, 0.4) is 0 Å². The Labute approximate surface area is 100 Å². The van der Waals surface area contributed by atoms with Crippen molar-refractivity contribution in [1.29, 1.82) is 0 Å². The third-order valence-corrected chi connectivity index (χ3v) is 3.05. The van der Waals surface area contributed by atoms with Crippen LogP contribution < -0.4 is 5.32 Å². The molecule has 1 saturated heterocycles. The molecular weight excluding hydrogens is 224 g/mol. The Morgan fingerprint density at radius 2 is 2.38 bits per heavy atom. The molecule has 0 spiro atoms. The summed E-state index contributed by atoms with van der Waals surface area (Å²) in [5.74, 6) is -0.0391. The summed E-state index contributed by atoms with van der Waals surface area (Å²) < 4.78 is 0. The molecule has 1 aromatic rings. The molecule has 0 saturated carbocycles. The van der Waals surface area contributed by atoms with E-state index in [1.54, 1.807) is 24.3 Å². The van der Waals surface area contributed by atoms with Gasteiger partial charge in [-0.2, -0.15) is 0 Å². The van der Waals surface area contributed by atoms with E-state index in [9.17, 15) is 4.79 Å². The van der Waals surface area contributed by atoms with Gasteiger partial charge in [-0.15, -0.1) is 0 Å². The molecule has 1 aliphatic heterocycles. The van der Waals surface area contributed by atoms with Gasteiger partial charge < -0.3 is 10.2 Å². The monoisotopic (exact) mass is 238 g/mol. The van der Waals surface area contributed by atoms with Crippen LogP contribution in [-0.4, -0.2) is 37.0 Å². The zero-order valence-electron chi connectivity index (χ0n) is 9.24. The van der Waals surface area contributed by atoms with Gasteiger partial charge in [-0.3, -0.25) is 4.79 Å². The van der Waals surface area contributed by atoms with Crippen molar-refractivity contribution in [1.82, 2.24) is 10.2 Å². The molecule has 1 amide bonds. The van der Waals surface area contributed by atoms with Gasteiger partial charge in [0.2, 0.25) is 0 Å². The predicted octanol–water partition coefficient (Wildman–Crippen LogP) is 1.77. The zero-order chi connectivity index (χ0) is 11.5. The van der Waals surface area contributed by atoms with E-state index >= 15 is 0 Å². The first-order valence-corrected chi connectivity index (χ1v) is 5.78. The molecule has 0 bridgehead atoms. The third kappa shape index (κ3) is 2.74. The van der Waals surface area contributed by atoms with Crippen LogP contribution in [0.25, 0.3) is 0 Å². The molecule has 0 radical (unpaired) electrons. The van der Waals surface area contributed by atoms with Gasteiger partial charge in [0.1, 0.15) is 0 Å². The van der Waals surface area contributed by atoms with E-state index in [1.807, 2.05) is 0 Å². The molecule has 1 fully saturated rings. The molecule has 4 heteroatoms. The number of rotatable bonds is 2. The number of hydrogen-bond donors (Lipinski definition) is 1. The van der Waals surface area contributed by atoms with Crippen molar-refractivity contribution in [2.24, 2.45) is 0 Å². The molecule has 0 aromatic heterocycles. The molecule has 16 heavy (non-hydrogen) atoms. The smallest absolute Gasteiger partial charge is 0.251 e. The van der Waals surface area contributed by atoms with Crippen molar-refractivity contribution in [3.8, 4) is 0 Å². The molecule has 1 unspecified atom stereocenters. The summed E-state index contributed by atoms with van der Waals surface area (Å²) in [6, 6.07) is 7.28. The lowest BCUT2D eigenvalue weighted by molar-refractivity contribution is 0.0938. The van der Waals surface area contributed by atoms with Gasteiger partial charge in [0.05, 0.1) is 0 Å². The number of carbonyl (C=O) groups excluding carboxylic acids is 1. The van der Waals surface area contributed by atoms with Gasteiger partial charge in [-0.25, -0.2) is 0 Å². The Balaban J connectivity index is 1.98. The maximum absolute atomic E-state index is 11.9. The number of nitrogens with one attached hydrogen (secondary N) is 1. The molecule has 1 aromatic carbocycles. The Hall–Kier alpha value is -1.06. The number of benzene rings is 1. The Bertz CT molecular complexity index is 394. The number of halogens is 1. The van der Waals surface area contributed by atoms with Crippen LogP contribution in [0.2, 0.25) is 5.02 Å². The van der Waals surface area contributed by atoms with Crippen LogP contribution in [0.1, 0.15) is 16.8 Å². The maximum atomic E-state index is 11.9. The van der Waals surface area contributed by atoms with Crippen molar-refractivity contribution in [3.05, 3.63) is 34.9 Å². The highest BCUT2D eigenvalue weighted by atomic mass is 35.5. The van der Waals surface area contributed by atoms with Crippen LogP contribution >= 0.6 is 11.6 Å². The standard InChI is InChI=1S/C12H15ClN2O/c1-15-6-5-11(8-15)14-12(16)9-3-2-4-10(13)7-9/h2-4,7,11H,5-6,8H2,1H3,(H,14,16). The van der Waals surface area contributed by atoms with Crippen LogP contribution in [0, 0.1) is 0 Å². The second-order valence-electron chi connectivity index (χ2n) is 4.23. The van der Waals surface area contributed by atoms with Gasteiger partial charge in [-0.05, 0) is 38.2 Å². The number of hydrogen-bond acceptors (Lipinski definition) is 2. The summed E-state index contributed by atoms with van der Waals surface area (Å²) in [6.45, 7) is 1.97. The molecule has 1 heterocycles. The average molecular weight is 239 g/mol. The lowest BCUT2D eigenvalue weighted by atomic mass is 10.2. The first-order valence-electron chi connectivity index (χ1n) is 5.40. The summed E-state index contributed by atoms with van der Waals surface area (Å²) in [4.78, 5) is 14.1. The lowest BCUT2D eigenvalue weighted by Gasteiger charge is -2.12. The summed E-state index contributed by atoms with van der Waals surface area (Å²) in [5.41, 5.74) is 0.627. The Morgan fingerprint density at radius 3 is 3.00 bits per heavy atom. The second-order valence-corrected chi connectivity index (χ2v) is 4.67. The minimum Gasteiger partial charge on any atom is -0.348 e. The number of amides is 1. The van der Waals surface area contributed by atoms with Gasteiger partial charge in [0.25, 0.3) is 5.91 Å². The van der Waals surface area contributed by atoms with E-state index in [2.05, 4.69) is 17.3 Å². The van der Waals surface area contributed by atoms with E-state index in [1.165, 1.54) is 0 Å². The van der Waals surface area contributed by atoms with Crippen molar-refractivity contribution in [3.63, 3.8) is 0 Å². The molecule has 1 atom stereocenters. The Morgan fingerprint density at radius 1 is 1.56 bits per heavy atom. The van der Waals surface area contributed by atoms with Crippen molar-refractivity contribution in [2.75, 3.05) is 20.1 Å². The first kappa shape index (κ1) is 11.4. The van der Waals surface area contributed by atoms with Gasteiger partial charge in [0, 0.05) is 23.2 Å². The molecule has 1 N–H and O–H groups in total. The average Bonchev–Trinajstić information content (AvgIpc) is 2.64. The van der Waals surface area contributed by atoms with Crippen molar-refractivity contribution >= 4 is 17.5 Å². The molecular formula is C12H15ClN2O. The van der Waals surface area contributed by atoms with Crippen LogP contribution in [0.4, 0.5) is 0 Å². The van der Waals surface area contributed by atoms with Crippen LogP contribution in [-0.2, 0) is 0 Å². The number of likely N-dealkylation sites (N-methyl/N-ethyl adjacent to an activating group) is 1. The molecule has 86 valence electrons. The van der Waals surface area contributed by atoms with Gasteiger partial charge in [-0.1, -0.05) is 17.7 Å². The fraction of sp³-hybridized carbons (Fsp3) is 0.417. The lowest BCUT2D eigenvalue weighted by Crippen LogP contribution is -2.36. The highest BCUT2D eigenvalue weighted by molar-refractivity contribution is 6.30. The second kappa shape index (κ2) is 4.85. The van der Waals surface area contributed by atoms with E-state index < -0.39 is 0 Å². The summed E-state index contributed by atoms with van der Waals surface area (Å²) in [7, 11) is 2.06. The largest absolute Gasteiger partial charge is 0.348 e.